The first-order valence-electron chi connectivity index (χ1n) is 7.94. The zero-order valence-corrected chi connectivity index (χ0v) is 13.5. The van der Waals surface area contributed by atoms with E-state index in [4.69, 9.17) is 5.11 Å². The summed E-state index contributed by atoms with van der Waals surface area (Å²) in [6.07, 6.45) is 7.08. The van der Waals surface area contributed by atoms with E-state index in [1.54, 1.807) is 4.68 Å². The fourth-order valence-corrected chi connectivity index (χ4v) is 3.41. The van der Waals surface area contributed by atoms with Gasteiger partial charge in [-0.2, -0.15) is 0 Å². The van der Waals surface area contributed by atoms with Crippen molar-refractivity contribution in [2.24, 2.45) is 5.92 Å². The standard InChI is InChI=1S/C15H29N5O/c1-13-5-4-6-15(9-13,19(2)3)12-16-10-14-11-20(7-8-21)18-17-14/h11,13,16,21H,4-10,12H2,1-3H3. The van der Waals surface area contributed by atoms with Gasteiger partial charge in [0, 0.05) is 24.8 Å². The van der Waals surface area contributed by atoms with Gasteiger partial charge in [-0.25, -0.2) is 4.68 Å². The van der Waals surface area contributed by atoms with Gasteiger partial charge in [0.05, 0.1) is 18.8 Å². The minimum absolute atomic E-state index is 0.0951. The summed E-state index contributed by atoms with van der Waals surface area (Å²) >= 11 is 0. The van der Waals surface area contributed by atoms with Crippen molar-refractivity contribution in [3.05, 3.63) is 11.9 Å². The van der Waals surface area contributed by atoms with Crippen molar-refractivity contribution >= 4 is 0 Å². The predicted molar refractivity (Wildman–Crippen MR) is 82.9 cm³/mol. The van der Waals surface area contributed by atoms with Crippen molar-refractivity contribution < 1.29 is 5.11 Å². The lowest BCUT2D eigenvalue weighted by atomic mass is 9.75. The second-order valence-corrected chi connectivity index (χ2v) is 6.62. The van der Waals surface area contributed by atoms with E-state index in [1.807, 2.05) is 6.20 Å². The smallest absolute Gasteiger partial charge is 0.0964 e. The van der Waals surface area contributed by atoms with Gasteiger partial charge < -0.3 is 15.3 Å². The van der Waals surface area contributed by atoms with Crippen molar-refractivity contribution in [1.82, 2.24) is 25.2 Å². The number of hydrogen-bond donors (Lipinski definition) is 2. The number of hydrogen-bond acceptors (Lipinski definition) is 5. The molecule has 0 bridgehead atoms. The lowest BCUT2D eigenvalue weighted by molar-refractivity contribution is 0.0749. The molecule has 0 saturated heterocycles. The topological polar surface area (TPSA) is 66.2 Å². The number of rotatable bonds is 7. The van der Waals surface area contributed by atoms with Crippen LogP contribution in [0.25, 0.3) is 0 Å². The molecule has 1 saturated carbocycles. The average molecular weight is 295 g/mol. The molecule has 0 amide bonds. The van der Waals surface area contributed by atoms with Gasteiger partial charge in [0.15, 0.2) is 0 Å². The Hall–Kier alpha value is -0.980. The Bertz CT molecular complexity index is 433. The van der Waals surface area contributed by atoms with Crippen LogP contribution in [-0.2, 0) is 13.1 Å². The van der Waals surface area contributed by atoms with Crippen LogP contribution in [-0.4, -0.2) is 57.8 Å². The second kappa shape index (κ2) is 7.33. The van der Waals surface area contributed by atoms with Crippen LogP contribution in [0.15, 0.2) is 6.20 Å². The summed E-state index contributed by atoms with van der Waals surface area (Å²) in [6.45, 7) is 4.68. The van der Waals surface area contributed by atoms with Crippen LogP contribution in [0.5, 0.6) is 0 Å². The Labute approximate surface area is 127 Å². The van der Waals surface area contributed by atoms with Crippen molar-refractivity contribution in [2.45, 2.75) is 51.2 Å². The summed E-state index contributed by atoms with van der Waals surface area (Å²) < 4.78 is 1.68. The van der Waals surface area contributed by atoms with Crippen LogP contribution in [0.3, 0.4) is 0 Å². The highest BCUT2D eigenvalue weighted by Crippen LogP contribution is 2.35. The monoisotopic (exact) mass is 295 g/mol. The van der Waals surface area contributed by atoms with E-state index in [0.29, 0.717) is 6.54 Å². The molecule has 2 atom stereocenters. The van der Waals surface area contributed by atoms with Gasteiger partial charge in [-0.15, -0.1) is 5.10 Å². The average Bonchev–Trinajstić information content (AvgIpc) is 2.87. The SMILES string of the molecule is CC1CCCC(CNCc2cn(CCO)nn2)(N(C)C)C1. The molecule has 0 aromatic carbocycles. The maximum atomic E-state index is 8.89. The molecular weight excluding hydrogens is 266 g/mol. The summed E-state index contributed by atoms with van der Waals surface area (Å²) in [5.41, 5.74) is 1.19. The number of aromatic nitrogens is 3. The Morgan fingerprint density at radius 1 is 1.52 bits per heavy atom. The molecule has 21 heavy (non-hydrogen) atoms. The van der Waals surface area contributed by atoms with Crippen LogP contribution >= 0.6 is 0 Å². The second-order valence-electron chi connectivity index (χ2n) is 6.62. The summed E-state index contributed by atoms with van der Waals surface area (Å²) in [5.74, 6) is 0.799. The number of aliphatic hydroxyl groups is 1. The van der Waals surface area contributed by atoms with Crippen molar-refractivity contribution in [3.8, 4) is 0 Å². The third kappa shape index (κ3) is 4.25. The molecule has 0 radical (unpaired) electrons. The maximum Gasteiger partial charge on any atom is 0.0964 e. The lowest BCUT2D eigenvalue weighted by Crippen LogP contribution is -2.54. The molecule has 1 aliphatic rings. The first-order valence-corrected chi connectivity index (χ1v) is 7.94. The molecule has 0 aliphatic heterocycles. The van der Waals surface area contributed by atoms with E-state index in [1.165, 1.54) is 25.7 Å². The molecule has 2 unspecified atom stereocenters. The molecule has 120 valence electrons. The highest BCUT2D eigenvalue weighted by Gasteiger charge is 2.36. The molecule has 1 heterocycles. The number of nitrogens with one attached hydrogen (secondary N) is 1. The van der Waals surface area contributed by atoms with Crippen LogP contribution < -0.4 is 5.32 Å². The Balaban J connectivity index is 1.87. The fourth-order valence-electron chi connectivity index (χ4n) is 3.41. The minimum atomic E-state index is 0.0951. The lowest BCUT2D eigenvalue weighted by Gasteiger charge is -2.45. The van der Waals surface area contributed by atoms with Gasteiger partial charge in [-0.3, -0.25) is 0 Å². The van der Waals surface area contributed by atoms with E-state index < -0.39 is 0 Å². The van der Waals surface area contributed by atoms with Gasteiger partial charge in [0.25, 0.3) is 0 Å². The van der Waals surface area contributed by atoms with Crippen LogP contribution in [0.1, 0.15) is 38.3 Å². The number of aliphatic hydroxyl groups excluding tert-OH is 1. The van der Waals surface area contributed by atoms with Gasteiger partial charge in [0.1, 0.15) is 0 Å². The first-order chi connectivity index (χ1) is 10.1. The third-order valence-corrected chi connectivity index (χ3v) is 4.69. The first kappa shape index (κ1) is 16.4. The van der Waals surface area contributed by atoms with E-state index in [2.05, 4.69) is 41.5 Å². The van der Waals surface area contributed by atoms with Crippen molar-refractivity contribution in [3.63, 3.8) is 0 Å². The third-order valence-electron chi connectivity index (χ3n) is 4.69. The zero-order chi connectivity index (χ0) is 15.3. The Morgan fingerprint density at radius 3 is 3.00 bits per heavy atom. The predicted octanol–water partition coefficient (Wildman–Crippen LogP) is 0.871. The van der Waals surface area contributed by atoms with E-state index in [-0.39, 0.29) is 12.1 Å². The number of likely N-dealkylation sites (N-methyl/N-ethyl adjacent to an activating group) is 1. The molecule has 1 aromatic rings. The van der Waals surface area contributed by atoms with Gasteiger partial charge in [-0.05, 0) is 32.9 Å². The highest BCUT2D eigenvalue weighted by atomic mass is 16.3. The van der Waals surface area contributed by atoms with Crippen LogP contribution in [0.4, 0.5) is 0 Å². The molecular formula is C15H29N5O. The van der Waals surface area contributed by atoms with E-state index in [9.17, 15) is 0 Å². The molecule has 1 fully saturated rings. The Kier molecular flexibility index (Phi) is 5.72. The Morgan fingerprint density at radius 2 is 2.33 bits per heavy atom. The van der Waals surface area contributed by atoms with Crippen molar-refractivity contribution in [1.29, 1.82) is 0 Å². The molecule has 0 spiro atoms. The molecule has 2 N–H and O–H groups in total. The molecule has 6 heteroatoms. The normalized spacial score (nSPS) is 26.4. The fraction of sp³-hybridized carbons (Fsp3) is 0.867. The van der Waals surface area contributed by atoms with Crippen LogP contribution in [0.2, 0.25) is 0 Å². The summed E-state index contributed by atoms with van der Waals surface area (Å²) in [7, 11) is 4.38. The maximum absolute atomic E-state index is 8.89. The van der Waals surface area contributed by atoms with E-state index in [0.717, 1.165) is 24.7 Å². The zero-order valence-electron chi connectivity index (χ0n) is 13.5. The quantitative estimate of drug-likeness (QED) is 0.781. The highest BCUT2D eigenvalue weighted by molar-refractivity contribution is 4.97. The largest absolute Gasteiger partial charge is 0.394 e. The van der Waals surface area contributed by atoms with E-state index >= 15 is 0 Å². The molecule has 1 aromatic heterocycles. The summed E-state index contributed by atoms with van der Waals surface area (Å²) in [4.78, 5) is 2.39. The van der Waals surface area contributed by atoms with Gasteiger partial charge in [0.2, 0.25) is 0 Å². The van der Waals surface area contributed by atoms with Gasteiger partial charge in [-0.1, -0.05) is 25.0 Å². The molecule has 6 nitrogen and oxygen atoms in total. The number of nitrogens with zero attached hydrogens (tertiary/aromatic N) is 4. The molecule has 2 rings (SSSR count). The summed E-state index contributed by atoms with van der Waals surface area (Å²) in [6, 6.07) is 0. The van der Waals surface area contributed by atoms with Crippen molar-refractivity contribution in [2.75, 3.05) is 27.2 Å². The molecule has 1 aliphatic carbocycles. The summed E-state index contributed by atoms with van der Waals surface area (Å²) in [5, 5.41) is 20.6. The van der Waals surface area contributed by atoms with Gasteiger partial charge >= 0.3 is 0 Å². The minimum Gasteiger partial charge on any atom is -0.394 e. The van der Waals surface area contributed by atoms with Crippen LogP contribution in [0, 0.1) is 5.92 Å².